The highest BCUT2D eigenvalue weighted by molar-refractivity contribution is 9.10. The van der Waals surface area contributed by atoms with Gasteiger partial charge in [-0.2, -0.15) is 0 Å². The molecular formula is C15H19BrN2O. The Labute approximate surface area is 122 Å². The molecule has 0 aliphatic heterocycles. The topological polar surface area (TPSA) is 41.1 Å². The van der Waals surface area contributed by atoms with Gasteiger partial charge in [0.05, 0.1) is 0 Å². The number of carbonyl (C=O) groups excluding carboxylic acids is 1. The fourth-order valence-electron chi connectivity index (χ4n) is 2.12. The van der Waals surface area contributed by atoms with Crippen LogP contribution in [0.15, 0.2) is 40.5 Å². The lowest BCUT2D eigenvalue weighted by molar-refractivity contribution is 0.0938. The monoisotopic (exact) mass is 322 g/mol. The van der Waals surface area contributed by atoms with Gasteiger partial charge in [0.2, 0.25) is 0 Å². The molecule has 102 valence electrons. The predicted octanol–water partition coefficient (Wildman–Crippen LogP) is 3.92. The SMILES string of the molecule is O=C(NN/C1=C/CCCCCC1)c1ccc(Br)cc1. The fraction of sp³-hybridized carbons (Fsp3) is 0.400. The number of allylic oxidation sites excluding steroid dienone is 2. The zero-order valence-electron chi connectivity index (χ0n) is 10.9. The largest absolute Gasteiger partial charge is 0.303 e. The number of nitrogens with one attached hydrogen (secondary N) is 2. The van der Waals surface area contributed by atoms with Crippen LogP contribution in [-0.2, 0) is 0 Å². The Hall–Kier alpha value is -1.29. The van der Waals surface area contributed by atoms with Gasteiger partial charge in [-0.1, -0.05) is 34.8 Å². The molecule has 0 radical (unpaired) electrons. The van der Waals surface area contributed by atoms with Crippen molar-refractivity contribution in [2.45, 2.75) is 38.5 Å². The third-order valence-electron chi connectivity index (χ3n) is 3.23. The highest BCUT2D eigenvalue weighted by Gasteiger charge is 2.06. The van der Waals surface area contributed by atoms with Crippen LogP contribution in [0.3, 0.4) is 0 Å². The summed E-state index contributed by atoms with van der Waals surface area (Å²) in [5.74, 6) is -0.101. The molecule has 1 aliphatic rings. The second-order valence-corrected chi connectivity index (χ2v) is 5.68. The summed E-state index contributed by atoms with van der Waals surface area (Å²) in [5.41, 5.74) is 7.60. The van der Waals surface area contributed by atoms with Gasteiger partial charge in [0.25, 0.3) is 5.91 Å². The Balaban J connectivity index is 1.87. The first-order valence-corrected chi connectivity index (χ1v) is 7.56. The molecule has 0 unspecified atom stereocenters. The number of carbonyl (C=O) groups is 1. The number of amides is 1. The van der Waals surface area contributed by atoms with E-state index < -0.39 is 0 Å². The number of hydrogen-bond acceptors (Lipinski definition) is 2. The van der Waals surface area contributed by atoms with Crippen LogP contribution in [-0.4, -0.2) is 5.91 Å². The van der Waals surface area contributed by atoms with E-state index in [2.05, 4.69) is 32.9 Å². The maximum absolute atomic E-state index is 11.9. The predicted molar refractivity (Wildman–Crippen MR) is 80.5 cm³/mol. The normalized spacial score (nSPS) is 18.7. The Morgan fingerprint density at radius 1 is 1.05 bits per heavy atom. The third kappa shape index (κ3) is 4.71. The summed E-state index contributed by atoms with van der Waals surface area (Å²) in [4.78, 5) is 11.9. The summed E-state index contributed by atoms with van der Waals surface area (Å²) in [5, 5.41) is 0. The van der Waals surface area contributed by atoms with Crippen LogP contribution in [0.2, 0.25) is 0 Å². The first kappa shape index (κ1) is 14.1. The zero-order chi connectivity index (χ0) is 13.5. The van der Waals surface area contributed by atoms with Crippen molar-refractivity contribution in [1.82, 2.24) is 10.9 Å². The molecule has 0 spiro atoms. The Bertz CT molecular complexity index is 454. The summed E-state index contributed by atoms with van der Waals surface area (Å²) in [7, 11) is 0. The summed E-state index contributed by atoms with van der Waals surface area (Å²) in [6.45, 7) is 0. The number of benzene rings is 1. The van der Waals surface area contributed by atoms with Crippen molar-refractivity contribution in [3.05, 3.63) is 46.1 Å². The lowest BCUT2D eigenvalue weighted by Crippen LogP contribution is -2.36. The van der Waals surface area contributed by atoms with Crippen LogP contribution < -0.4 is 10.9 Å². The molecule has 1 aromatic rings. The molecule has 0 bridgehead atoms. The van der Waals surface area contributed by atoms with Crippen molar-refractivity contribution in [3.8, 4) is 0 Å². The molecule has 0 atom stereocenters. The van der Waals surface area contributed by atoms with E-state index >= 15 is 0 Å². The fourth-order valence-corrected chi connectivity index (χ4v) is 2.38. The van der Waals surface area contributed by atoms with Crippen molar-refractivity contribution in [1.29, 1.82) is 0 Å². The highest BCUT2D eigenvalue weighted by Crippen LogP contribution is 2.15. The average molecular weight is 323 g/mol. The molecule has 0 fully saturated rings. The molecule has 3 nitrogen and oxygen atoms in total. The van der Waals surface area contributed by atoms with Crippen molar-refractivity contribution in [3.63, 3.8) is 0 Å². The number of hydrogen-bond donors (Lipinski definition) is 2. The molecule has 2 rings (SSSR count). The van der Waals surface area contributed by atoms with Crippen LogP contribution in [0, 0.1) is 0 Å². The van der Waals surface area contributed by atoms with Crippen LogP contribution in [0.1, 0.15) is 48.9 Å². The third-order valence-corrected chi connectivity index (χ3v) is 3.76. The molecule has 1 aliphatic carbocycles. The molecule has 2 N–H and O–H groups in total. The maximum atomic E-state index is 11.9. The van der Waals surface area contributed by atoms with E-state index in [9.17, 15) is 4.79 Å². The number of halogens is 1. The Morgan fingerprint density at radius 3 is 2.58 bits per heavy atom. The first-order chi connectivity index (χ1) is 9.25. The molecule has 0 saturated carbocycles. The smallest absolute Gasteiger partial charge is 0.269 e. The second-order valence-electron chi connectivity index (χ2n) is 4.77. The summed E-state index contributed by atoms with van der Waals surface area (Å²) >= 11 is 3.36. The number of rotatable bonds is 3. The zero-order valence-corrected chi connectivity index (χ0v) is 12.5. The van der Waals surface area contributed by atoms with Gasteiger partial charge in [0.1, 0.15) is 0 Å². The molecule has 0 heterocycles. The van der Waals surface area contributed by atoms with Gasteiger partial charge in [-0.3, -0.25) is 10.2 Å². The number of hydrazine groups is 1. The van der Waals surface area contributed by atoms with Gasteiger partial charge in [-0.15, -0.1) is 0 Å². The van der Waals surface area contributed by atoms with Crippen molar-refractivity contribution < 1.29 is 4.79 Å². The van der Waals surface area contributed by atoms with Crippen LogP contribution in [0.25, 0.3) is 0 Å². The van der Waals surface area contributed by atoms with E-state index in [0.717, 1.165) is 23.0 Å². The molecule has 19 heavy (non-hydrogen) atoms. The summed E-state index contributed by atoms with van der Waals surface area (Å²) < 4.78 is 0.972. The van der Waals surface area contributed by atoms with Crippen LogP contribution in [0.5, 0.6) is 0 Å². The van der Waals surface area contributed by atoms with Gasteiger partial charge < -0.3 is 5.43 Å². The molecule has 1 amide bonds. The van der Waals surface area contributed by atoms with Gasteiger partial charge in [-0.25, -0.2) is 0 Å². The van der Waals surface area contributed by atoms with E-state index in [4.69, 9.17) is 0 Å². The molecule has 0 aromatic heterocycles. The van der Waals surface area contributed by atoms with E-state index in [1.54, 1.807) is 12.1 Å². The second kappa shape index (κ2) is 7.34. The van der Waals surface area contributed by atoms with Gasteiger partial charge in [0.15, 0.2) is 0 Å². The molecule has 1 aromatic carbocycles. The van der Waals surface area contributed by atoms with Gasteiger partial charge >= 0.3 is 0 Å². The van der Waals surface area contributed by atoms with Gasteiger partial charge in [0, 0.05) is 15.7 Å². The minimum absolute atomic E-state index is 0.101. The van der Waals surface area contributed by atoms with E-state index in [1.165, 1.54) is 25.7 Å². The Kier molecular flexibility index (Phi) is 5.45. The van der Waals surface area contributed by atoms with E-state index in [0.29, 0.717) is 5.56 Å². The van der Waals surface area contributed by atoms with Crippen molar-refractivity contribution >= 4 is 21.8 Å². The lowest BCUT2D eigenvalue weighted by atomic mass is 10.0. The minimum Gasteiger partial charge on any atom is -0.303 e. The summed E-state index contributed by atoms with van der Waals surface area (Å²) in [6.07, 6.45) is 9.33. The molecule has 0 saturated heterocycles. The standard InChI is InChI=1S/C15H19BrN2O/c16-13-10-8-12(9-11-13)15(19)18-17-14-6-4-2-1-3-5-7-14/h6,8-11,17H,1-5,7H2,(H,18,19)/b14-6+. The average Bonchev–Trinajstić information content (AvgIpc) is 2.38. The van der Waals surface area contributed by atoms with Crippen LogP contribution in [0.4, 0.5) is 0 Å². The first-order valence-electron chi connectivity index (χ1n) is 6.76. The van der Waals surface area contributed by atoms with Crippen molar-refractivity contribution in [2.24, 2.45) is 0 Å². The van der Waals surface area contributed by atoms with Gasteiger partial charge in [-0.05, 0) is 49.9 Å². The van der Waals surface area contributed by atoms with E-state index in [-0.39, 0.29) is 5.91 Å². The maximum Gasteiger partial charge on any atom is 0.269 e. The Morgan fingerprint density at radius 2 is 1.79 bits per heavy atom. The quantitative estimate of drug-likeness (QED) is 0.828. The molecule has 4 heteroatoms. The minimum atomic E-state index is -0.101. The summed E-state index contributed by atoms with van der Waals surface area (Å²) in [6, 6.07) is 7.33. The molecular weight excluding hydrogens is 304 g/mol. The van der Waals surface area contributed by atoms with E-state index in [1.807, 2.05) is 12.1 Å². The van der Waals surface area contributed by atoms with Crippen LogP contribution >= 0.6 is 15.9 Å². The highest BCUT2D eigenvalue weighted by atomic mass is 79.9. The van der Waals surface area contributed by atoms with Crippen molar-refractivity contribution in [2.75, 3.05) is 0 Å². The lowest BCUT2D eigenvalue weighted by Gasteiger charge is -2.14.